The molecule has 4 rings (SSSR count). The number of rotatable bonds is 2. The van der Waals surface area contributed by atoms with Crippen LogP contribution in [0.1, 0.15) is 15.9 Å². The highest BCUT2D eigenvalue weighted by atomic mass is 19.1. The number of carbonyl (C=O) groups is 1. The van der Waals surface area contributed by atoms with E-state index in [9.17, 15) is 14.3 Å². The zero-order valence-corrected chi connectivity index (χ0v) is 12.7. The standard InChI is InChI=1S/C17H13FN4O2/c1-8-2-7-11(23)14-15(8)22-17(20-14)12(16(19)24)13(21-22)9-3-5-10(18)6-4-9/h2-7,20,23H,1H3,(H2,19,24). The summed E-state index contributed by atoms with van der Waals surface area (Å²) in [6.45, 7) is 1.87. The lowest BCUT2D eigenvalue weighted by Gasteiger charge is -2.01. The van der Waals surface area contributed by atoms with Crippen LogP contribution in [0.2, 0.25) is 0 Å². The number of aryl methyl sites for hydroxylation is 1. The molecule has 0 radical (unpaired) electrons. The van der Waals surface area contributed by atoms with Crippen molar-refractivity contribution < 1.29 is 14.3 Å². The van der Waals surface area contributed by atoms with Crippen LogP contribution >= 0.6 is 0 Å². The van der Waals surface area contributed by atoms with Crippen LogP contribution in [0.3, 0.4) is 0 Å². The number of hydrogen-bond acceptors (Lipinski definition) is 3. The third kappa shape index (κ3) is 1.88. The van der Waals surface area contributed by atoms with Crippen molar-refractivity contribution in [2.24, 2.45) is 5.73 Å². The van der Waals surface area contributed by atoms with E-state index in [1.807, 2.05) is 6.92 Å². The summed E-state index contributed by atoms with van der Waals surface area (Å²) in [5.41, 5.74) is 9.06. The van der Waals surface area contributed by atoms with Gasteiger partial charge in [-0.1, -0.05) is 6.07 Å². The number of aromatic hydroxyl groups is 1. The molecular formula is C17H13FN4O2. The summed E-state index contributed by atoms with van der Waals surface area (Å²) in [5.74, 6) is -0.983. The van der Waals surface area contributed by atoms with Crippen LogP contribution in [0.15, 0.2) is 36.4 Å². The molecule has 0 spiro atoms. The molecule has 4 aromatic rings. The number of aromatic nitrogens is 3. The molecule has 120 valence electrons. The molecule has 2 heterocycles. The van der Waals surface area contributed by atoms with Gasteiger partial charge >= 0.3 is 0 Å². The van der Waals surface area contributed by atoms with Crippen LogP contribution in [0, 0.1) is 12.7 Å². The number of aromatic amines is 1. The van der Waals surface area contributed by atoms with Gasteiger partial charge in [0.05, 0.1) is 5.52 Å². The lowest BCUT2D eigenvalue weighted by molar-refractivity contribution is 0.100. The molecule has 4 N–H and O–H groups in total. The molecular weight excluding hydrogens is 311 g/mol. The number of amides is 1. The zero-order chi connectivity index (χ0) is 17.0. The van der Waals surface area contributed by atoms with E-state index in [2.05, 4.69) is 10.1 Å². The van der Waals surface area contributed by atoms with E-state index in [-0.39, 0.29) is 17.1 Å². The number of fused-ring (bicyclic) bond motifs is 3. The summed E-state index contributed by atoms with van der Waals surface area (Å²) in [5, 5.41) is 14.5. The monoisotopic (exact) mass is 324 g/mol. The summed E-state index contributed by atoms with van der Waals surface area (Å²) in [7, 11) is 0. The molecule has 0 atom stereocenters. The number of imidazole rings is 1. The first-order valence-electron chi connectivity index (χ1n) is 7.26. The minimum Gasteiger partial charge on any atom is -0.506 e. The molecule has 0 aliphatic carbocycles. The Balaban J connectivity index is 2.12. The maximum Gasteiger partial charge on any atom is 0.254 e. The van der Waals surface area contributed by atoms with Crippen molar-refractivity contribution in [2.75, 3.05) is 0 Å². The van der Waals surface area contributed by atoms with Crippen LogP contribution < -0.4 is 5.73 Å². The Kier molecular flexibility index (Phi) is 2.86. The van der Waals surface area contributed by atoms with E-state index in [1.54, 1.807) is 16.6 Å². The summed E-state index contributed by atoms with van der Waals surface area (Å²) >= 11 is 0. The normalized spacial score (nSPS) is 11.4. The van der Waals surface area contributed by atoms with E-state index < -0.39 is 5.91 Å². The number of H-pyrrole nitrogens is 1. The number of halogens is 1. The molecule has 2 aromatic carbocycles. The molecule has 0 saturated heterocycles. The minimum absolute atomic E-state index is 0.0554. The first-order valence-corrected chi connectivity index (χ1v) is 7.26. The molecule has 6 nitrogen and oxygen atoms in total. The van der Waals surface area contributed by atoms with Gasteiger partial charge in [-0.25, -0.2) is 8.91 Å². The molecule has 0 unspecified atom stereocenters. The van der Waals surface area contributed by atoms with Gasteiger partial charge in [-0.05, 0) is 42.8 Å². The lowest BCUT2D eigenvalue weighted by atomic mass is 10.1. The van der Waals surface area contributed by atoms with E-state index in [0.29, 0.717) is 27.9 Å². The van der Waals surface area contributed by atoms with Crippen molar-refractivity contribution in [2.45, 2.75) is 6.92 Å². The number of hydrogen-bond donors (Lipinski definition) is 3. The van der Waals surface area contributed by atoms with E-state index >= 15 is 0 Å². The Morgan fingerprint density at radius 3 is 2.62 bits per heavy atom. The van der Waals surface area contributed by atoms with Gasteiger partial charge in [-0.2, -0.15) is 5.10 Å². The second kappa shape index (κ2) is 4.82. The van der Waals surface area contributed by atoms with Crippen LogP contribution in [0.5, 0.6) is 5.75 Å². The summed E-state index contributed by atoms with van der Waals surface area (Å²) in [6, 6.07) is 8.99. The number of phenols is 1. The summed E-state index contributed by atoms with van der Waals surface area (Å²) < 4.78 is 14.7. The smallest absolute Gasteiger partial charge is 0.254 e. The summed E-state index contributed by atoms with van der Waals surface area (Å²) in [4.78, 5) is 15.0. The van der Waals surface area contributed by atoms with Crippen molar-refractivity contribution in [3.63, 3.8) is 0 Å². The molecule has 0 fully saturated rings. The Bertz CT molecular complexity index is 1110. The largest absolute Gasteiger partial charge is 0.506 e. The number of primary amides is 1. The highest BCUT2D eigenvalue weighted by molar-refractivity contribution is 6.06. The molecule has 24 heavy (non-hydrogen) atoms. The third-order valence-corrected chi connectivity index (χ3v) is 4.06. The first-order chi connectivity index (χ1) is 11.5. The molecule has 2 aromatic heterocycles. The SMILES string of the molecule is Cc1ccc(O)c2[nH]c3c(C(N)=O)c(-c4ccc(F)cc4)nn3c12. The number of benzene rings is 2. The van der Waals surface area contributed by atoms with Crippen LogP contribution in [-0.2, 0) is 0 Å². The Morgan fingerprint density at radius 1 is 1.25 bits per heavy atom. The maximum atomic E-state index is 13.2. The van der Waals surface area contributed by atoms with Gasteiger partial charge in [0.25, 0.3) is 5.91 Å². The van der Waals surface area contributed by atoms with Crippen molar-refractivity contribution in [1.82, 2.24) is 14.6 Å². The fourth-order valence-corrected chi connectivity index (χ4v) is 2.94. The Labute approximate surface area is 135 Å². The molecule has 0 aliphatic rings. The fraction of sp³-hybridized carbons (Fsp3) is 0.0588. The van der Waals surface area contributed by atoms with Crippen LogP contribution in [0.4, 0.5) is 4.39 Å². The topological polar surface area (TPSA) is 96.4 Å². The quantitative estimate of drug-likeness (QED) is 0.529. The van der Waals surface area contributed by atoms with Gasteiger partial charge in [0.15, 0.2) is 0 Å². The zero-order valence-electron chi connectivity index (χ0n) is 12.7. The van der Waals surface area contributed by atoms with Gasteiger partial charge in [-0.15, -0.1) is 0 Å². The minimum atomic E-state index is -0.659. The predicted octanol–water partition coefficient (Wildman–Crippen LogP) is 2.73. The second-order valence-electron chi connectivity index (χ2n) is 5.61. The predicted molar refractivity (Wildman–Crippen MR) is 87.4 cm³/mol. The van der Waals surface area contributed by atoms with Crippen LogP contribution in [-0.4, -0.2) is 25.6 Å². The van der Waals surface area contributed by atoms with Gasteiger partial charge in [0.1, 0.15) is 34.0 Å². The van der Waals surface area contributed by atoms with Gasteiger partial charge in [0, 0.05) is 5.56 Å². The highest BCUT2D eigenvalue weighted by Crippen LogP contribution is 2.32. The lowest BCUT2D eigenvalue weighted by Crippen LogP contribution is -2.12. The van der Waals surface area contributed by atoms with Crippen molar-refractivity contribution in [3.05, 3.63) is 53.3 Å². The number of nitrogens with two attached hydrogens (primary N) is 1. The van der Waals surface area contributed by atoms with Gasteiger partial charge in [-0.3, -0.25) is 4.79 Å². The molecule has 0 bridgehead atoms. The number of nitrogens with zero attached hydrogens (tertiary/aromatic N) is 2. The average Bonchev–Trinajstić information content (AvgIpc) is 3.08. The van der Waals surface area contributed by atoms with Crippen molar-refractivity contribution in [1.29, 1.82) is 0 Å². The number of carbonyl (C=O) groups excluding carboxylic acids is 1. The second-order valence-corrected chi connectivity index (χ2v) is 5.61. The molecule has 7 heteroatoms. The number of phenolic OH excluding ortho intramolecular Hbond substituents is 1. The van der Waals surface area contributed by atoms with Gasteiger partial charge < -0.3 is 15.8 Å². The Morgan fingerprint density at radius 2 is 1.96 bits per heavy atom. The Hall–Kier alpha value is -3.35. The fourth-order valence-electron chi connectivity index (χ4n) is 2.94. The van der Waals surface area contributed by atoms with Crippen LogP contribution in [0.25, 0.3) is 27.9 Å². The van der Waals surface area contributed by atoms with Crippen molar-refractivity contribution in [3.8, 4) is 17.0 Å². The molecule has 0 saturated carbocycles. The highest BCUT2D eigenvalue weighted by Gasteiger charge is 2.23. The molecule has 0 aliphatic heterocycles. The van der Waals surface area contributed by atoms with E-state index in [1.165, 1.54) is 24.3 Å². The maximum absolute atomic E-state index is 13.2. The summed E-state index contributed by atoms with van der Waals surface area (Å²) in [6.07, 6.45) is 0. The molecule has 1 amide bonds. The average molecular weight is 324 g/mol. The first kappa shape index (κ1) is 14.3. The van der Waals surface area contributed by atoms with E-state index in [4.69, 9.17) is 5.73 Å². The number of nitrogens with one attached hydrogen (secondary N) is 1. The van der Waals surface area contributed by atoms with Crippen molar-refractivity contribution >= 4 is 22.6 Å². The van der Waals surface area contributed by atoms with Gasteiger partial charge in [0.2, 0.25) is 0 Å². The third-order valence-electron chi connectivity index (χ3n) is 4.06. The van der Waals surface area contributed by atoms with E-state index in [0.717, 1.165) is 5.56 Å².